The Bertz CT molecular complexity index is 906. The van der Waals surface area contributed by atoms with Crippen LogP contribution in [0.25, 0.3) is 0 Å². The lowest BCUT2D eigenvalue weighted by molar-refractivity contribution is -0.162. The molecular formula is C26H24O3. The van der Waals surface area contributed by atoms with Crippen molar-refractivity contribution in [2.75, 3.05) is 0 Å². The van der Waals surface area contributed by atoms with E-state index in [1.54, 1.807) is 0 Å². The van der Waals surface area contributed by atoms with Crippen LogP contribution in [0, 0.1) is 11.8 Å². The second-order valence-corrected chi connectivity index (χ2v) is 7.60. The largest absolute Gasteiger partial charge is 0.458 e. The molecule has 3 aromatic carbocycles. The molecule has 1 fully saturated rings. The Labute approximate surface area is 171 Å². The van der Waals surface area contributed by atoms with Gasteiger partial charge in [-0.15, -0.1) is 0 Å². The first-order valence-electron chi connectivity index (χ1n) is 10.0. The van der Waals surface area contributed by atoms with Gasteiger partial charge in [-0.3, -0.25) is 4.79 Å². The molecule has 3 heteroatoms. The molecule has 0 unspecified atom stereocenters. The number of carbonyl (C=O) groups is 2. The molecule has 0 saturated heterocycles. The van der Waals surface area contributed by atoms with Gasteiger partial charge in [0.15, 0.2) is 0 Å². The highest BCUT2D eigenvalue weighted by molar-refractivity contribution is 5.81. The Hall–Kier alpha value is -3.20. The van der Waals surface area contributed by atoms with Crippen LogP contribution in [0.4, 0.5) is 0 Å². The van der Waals surface area contributed by atoms with Crippen LogP contribution in [-0.4, -0.2) is 12.3 Å². The average molecular weight is 384 g/mol. The first-order chi connectivity index (χ1) is 14.2. The van der Waals surface area contributed by atoms with Crippen molar-refractivity contribution in [3.63, 3.8) is 0 Å². The predicted octanol–water partition coefficient (Wildman–Crippen LogP) is 5.30. The molecule has 3 aromatic rings. The predicted molar refractivity (Wildman–Crippen MR) is 112 cm³/mol. The highest BCUT2D eigenvalue weighted by Gasteiger charge is 2.56. The molecule has 4 rings (SSSR count). The van der Waals surface area contributed by atoms with E-state index in [4.69, 9.17) is 4.74 Å². The van der Waals surface area contributed by atoms with Gasteiger partial charge in [0, 0.05) is 17.8 Å². The Balaban J connectivity index is 1.65. The summed E-state index contributed by atoms with van der Waals surface area (Å²) in [6.07, 6.45) is 0.659. The topological polar surface area (TPSA) is 43.4 Å². The third-order valence-electron chi connectivity index (χ3n) is 5.96. The van der Waals surface area contributed by atoms with E-state index >= 15 is 0 Å². The van der Waals surface area contributed by atoms with Crippen molar-refractivity contribution in [1.29, 1.82) is 0 Å². The summed E-state index contributed by atoms with van der Waals surface area (Å²) in [5.74, 6) is -1.23. The van der Waals surface area contributed by atoms with Gasteiger partial charge in [-0.1, -0.05) is 91.0 Å². The molecule has 0 bridgehead atoms. The lowest BCUT2D eigenvalue weighted by atomic mass is 9.53. The summed E-state index contributed by atoms with van der Waals surface area (Å²) in [6.45, 7) is 1.89. The summed E-state index contributed by atoms with van der Waals surface area (Å²) in [5.41, 5.74) is 2.97. The van der Waals surface area contributed by atoms with Crippen molar-refractivity contribution in [3.8, 4) is 0 Å². The van der Waals surface area contributed by atoms with Crippen LogP contribution in [0.1, 0.15) is 41.6 Å². The molecule has 3 atom stereocenters. The molecule has 1 aliphatic carbocycles. The minimum Gasteiger partial charge on any atom is -0.458 e. The second-order valence-electron chi connectivity index (χ2n) is 7.60. The van der Waals surface area contributed by atoms with Crippen molar-refractivity contribution < 1.29 is 14.3 Å². The third kappa shape index (κ3) is 3.73. The summed E-state index contributed by atoms with van der Waals surface area (Å²) in [4.78, 5) is 25.3. The number of hydrogen-bond donors (Lipinski definition) is 0. The highest BCUT2D eigenvalue weighted by Crippen LogP contribution is 2.57. The van der Waals surface area contributed by atoms with Crippen LogP contribution in [0.5, 0.6) is 0 Å². The van der Waals surface area contributed by atoms with Gasteiger partial charge in [-0.25, -0.2) is 0 Å². The van der Waals surface area contributed by atoms with Gasteiger partial charge in [0.25, 0.3) is 0 Å². The van der Waals surface area contributed by atoms with E-state index in [9.17, 15) is 9.59 Å². The number of ether oxygens (including phenoxy) is 1. The standard InChI is InChI=1S/C26H24O3/c1-18(19-11-5-2-6-12-19)29-26(28)25-23(20-13-7-3-8-14-20)22(17-27)24(25)21-15-9-4-10-16-21/h2-18,22-25H,1H3/t18-,22-,23+,24+,25+/m0/s1. The van der Waals surface area contributed by atoms with E-state index < -0.39 is 0 Å². The molecule has 3 nitrogen and oxygen atoms in total. The Kier molecular flexibility index (Phi) is 5.57. The van der Waals surface area contributed by atoms with Gasteiger partial charge in [-0.2, -0.15) is 0 Å². The van der Waals surface area contributed by atoms with Crippen LogP contribution < -0.4 is 0 Å². The smallest absolute Gasteiger partial charge is 0.310 e. The Morgan fingerprint density at radius 3 is 1.69 bits per heavy atom. The number of hydrogen-bond acceptors (Lipinski definition) is 3. The van der Waals surface area contributed by atoms with Gasteiger partial charge < -0.3 is 9.53 Å². The molecule has 0 spiro atoms. The highest BCUT2D eigenvalue weighted by atomic mass is 16.5. The zero-order valence-electron chi connectivity index (χ0n) is 16.3. The first-order valence-corrected chi connectivity index (χ1v) is 10.0. The van der Waals surface area contributed by atoms with Crippen molar-refractivity contribution in [2.24, 2.45) is 11.8 Å². The van der Waals surface area contributed by atoms with Crippen LogP contribution in [0.2, 0.25) is 0 Å². The summed E-state index contributed by atoms with van der Waals surface area (Å²) in [5, 5.41) is 0. The number of rotatable bonds is 6. The summed E-state index contributed by atoms with van der Waals surface area (Å²) < 4.78 is 5.88. The van der Waals surface area contributed by atoms with Crippen molar-refractivity contribution in [2.45, 2.75) is 24.9 Å². The number of benzene rings is 3. The van der Waals surface area contributed by atoms with E-state index in [1.807, 2.05) is 97.9 Å². The summed E-state index contributed by atoms with van der Waals surface area (Å²) in [6, 6.07) is 29.3. The van der Waals surface area contributed by atoms with E-state index in [0.717, 1.165) is 23.0 Å². The normalized spacial score (nSPS) is 24.2. The van der Waals surface area contributed by atoms with Crippen molar-refractivity contribution in [3.05, 3.63) is 108 Å². The molecule has 0 radical (unpaired) electrons. The van der Waals surface area contributed by atoms with Crippen LogP contribution in [0.15, 0.2) is 91.0 Å². The first kappa shape index (κ1) is 19.1. The fourth-order valence-corrected chi connectivity index (χ4v) is 4.50. The molecular weight excluding hydrogens is 360 g/mol. The SMILES string of the molecule is C[C@H](OC(=O)[C@H]1[C@H](c2ccccc2)[C@@H](C=O)[C@H]1c1ccccc1)c1ccccc1. The number of carbonyl (C=O) groups excluding carboxylic acids is 2. The summed E-state index contributed by atoms with van der Waals surface area (Å²) >= 11 is 0. The maximum Gasteiger partial charge on any atom is 0.310 e. The zero-order valence-corrected chi connectivity index (χ0v) is 16.3. The monoisotopic (exact) mass is 384 g/mol. The third-order valence-corrected chi connectivity index (χ3v) is 5.96. The summed E-state index contributed by atoms with van der Waals surface area (Å²) in [7, 11) is 0. The van der Waals surface area contributed by atoms with Gasteiger partial charge >= 0.3 is 5.97 Å². The van der Waals surface area contributed by atoms with E-state index in [-0.39, 0.29) is 35.7 Å². The number of esters is 1. The second kappa shape index (κ2) is 8.44. The van der Waals surface area contributed by atoms with Gasteiger partial charge in [0.2, 0.25) is 0 Å². The van der Waals surface area contributed by atoms with Crippen molar-refractivity contribution in [1.82, 2.24) is 0 Å². The molecule has 0 amide bonds. The molecule has 146 valence electrons. The zero-order chi connectivity index (χ0) is 20.2. The van der Waals surface area contributed by atoms with Gasteiger partial charge in [0.05, 0.1) is 5.92 Å². The van der Waals surface area contributed by atoms with Crippen LogP contribution in [0.3, 0.4) is 0 Å². The minimum atomic E-state index is -0.388. The fraction of sp³-hybridized carbons (Fsp3) is 0.231. The number of aldehydes is 1. The Morgan fingerprint density at radius 2 is 1.24 bits per heavy atom. The quantitative estimate of drug-likeness (QED) is 0.428. The van der Waals surface area contributed by atoms with E-state index in [0.29, 0.717) is 0 Å². The maximum absolute atomic E-state index is 13.3. The molecule has 0 aromatic heterocycles. The van der Waals surface area contributed by atoms with E-state index in [1.165, 1.54) is 0 Å². The van der Waals surface area contributed by atoms with Crippen molar-refractivity contribution >= 4 is 12.3 Å². The fourth-order valence-electron chi connectivity index (χ4n) is 4.50. The molecule has 0 aliphatic heterocycles. The minimum absolute atomic E-state index is 0.172. The van der Waals surface area contributed by atoms with Crippen LogP contribution in [-0.2, 0) is 14.3 Å². The maximum atomic E-state index is 13.3. The molecule has 1 aliphatic rings. The van der Waals surface area contributed by atoms with Gasteiger partial charge in [-0.05, 0) is 23.6 Å². The lowest BCUT2D eigenvalue weighted by Gasteiger charge is -2.49. The lowest BCUT2D eigenvalue weighted by Crippen LogP contribution is -2.49. The molecule has 0 N–H and O–H groups in total. The van der Waals surface area contributed by atoms with Crippen LogP contribution >= 0.6 is 0 Å². The Morgan fingerprint density at radius 1 is 0.793 bits per heavy atom. The van der Waals surface area contributed by atoms with Gasteiger partial charge in [0.1, 0.15) is 12.4 Å². The average Bonchev–Trinajstić information content (AvgIpc) is 2.75. The molecule has 1 saturated carbocycles. The molecule has 0 heterocycles. The molecule has 29 heavy (non-hydrogen) atoms. The van der Waals surface area contributed by atoms with E-state index in [2.05, 4.69) is 0 Å².